The Balaban J connectivity index is 1.47. The Kier molecular flexibility index (Phi) is 6.27. The molecule has 3 N–H and O–H groups in total. The van der Waals surface area contributed by atoms with E-state index in [0.717, 1.165) is 49.0 Å². The number of carbonyl (C=O) groups is 2. The summed E-state index contributed by atoms with van der Waals surface area (Å²) in [6.45, 7) is 6.73. The summed E-state index contributed by atoms with van der Waals surface area (Å²) in [4.78, 5) is 29.0. The number of hydrogen-bond acceptors (Lipinski definition) is 5. The number of fused-ring (bicyclic) bond motifs is 1. The number of anilines is 1. The van der Waals surface area contributed by atoms with Gasteiger partial charge in [0.05, 0.1) is 11.2 Å². The normalized spacial score (nSPS) is 22.8. The number of aliphatic hydroxyl groups is 1. The molecule has 0 radical (unpaired) electrons. The van der Waals surface area contributed by atoms with Gasteiger partial charge in [0, 0.05) is 41.5 Å². The highest BCUT2D eigenvalue weighted by Crippen LogP contribution is 2.39. The average Bonchev–Trinajstić information content (AvgIpc) is 3.24. The average molecular weight is 460 g/mol. The van der Waals surface area contributed by atoms with E-state index in [2.05, 4.69) is 34.6 Å². The van der Waals surface area contributed by atoms with E-state index < -0.39 is 12.0 Å². The third-order valence-electron chi connectivity index (χ3n) is 6.34. The number of nitrogens with zero attached hydrogens (tertiary/aromatic N) is 3. The van der Waals surface area contributed by atoms with Crippen molar-refractivity contribution in [2.75, 3.05) is 5.32 Å². The van der Waals surface area contributed by atoms with Crippen molar-refractivity contribution in [3.8, 4) is 11.1 Å². The first kappa shape index (κ1) is 22.7. The highest BCUT2D eigenvalue weighted by Gasteiger charge is 2.32. The first-order valence-corrected chi connectivity index (χ1v) is 11.5. The lowest BCUT2D eigenvalue weighted by atomic mass is 9.85. The summed E-state index contributed by atoms with van der Waals surface area (Å²) in [6.07, 6.45) is 6.16. The first-order chi connectivity index (χ1) is 15.1. The number of nitrogens with one attached hydrogen (secondary N) is 2. The van der Waals surface area contributed by atoms with Gasteiger partial charge in [-0.25, -0.2) is 4.98 Å². The third kappa shape index (κ3) is 4.81. The molecule has 2 aliphatic rings. The lowest BCUT2D eigenvalue weighted by Crippen LogP contribution is -2.44. The number of pyridine rings is 1. The molecule has 32 heavy (non-hydrogen) atoms. The molecule has 3 heterocycles. The largest absolute Gasteiger partial charge is 0.384 e. The van der Waals surface area contributed by atoms with Crippen molar-refractivity contribution < 1.29 is 14.7 Å². The molecule has 1 aliphatic carbocycles. The molecule has 8 nitrogen and oxygen atoms in total. The summed E-state index contributed by atoms with van der Waals surface area (Å²) < 4.78 is 2.02. The monoisotopic (exact) mass is 459 g/mol. The fraction of sp³-hybridized carbons (Fsp3) is 0.565. The van der Waals surface area contributed by atoms with Crippen LogP contribution in [-0.4, -0.2) is 43.8 Å². The fourth-order valence-electron chi connectivity index (χ4n) is 4.70. The number of aliphatic hydroxyl groups excluding tert-OH is 1. The molecule has 2 aromatic heterocycles. The van der Waals surface area contributed by atoms with Crippen molar-refractivity contribution in [1.29, 1.82) is 0 Å². The number of amides is 2. The summed E-state index contributed by atoms with van der Waals surface area (Å²) in [5.74, 6) is -0.313. The molecule has 4 rings (SSSR count). The van der Waals surface area contributed by atoms with Gasteiger partial charge in [-0.3, -0.25) is 14.3 Å². The highest BCUT2D eigenvalue weighted by molar-refractivity contribution is 6.33. The summed E-state index contributed by atoms with van der Waals surface area (Å²) in [7, 11) is 0. The Hall–Kier alpha value is -2.45. The standard InChI is InChI=1S/C23H30ClN5O3/c1-13(30)21(31)27-15-6-4-5-14(7-15)22(32)28-20-8-16(18(24)11-25-20)17-10-26-29-12-23(2,3)9-19(17)29/h8,10-11,13-15,30H,4-7,9,12H2,1-3H3,(H,27,31)(H,25,28,32)/t13-,14?,15?/m0/s1. The molecule has 9 heteroatoms. The predicted molar refractivity (Wildman–Crippen MR) is 122 cm³/mol. The van der Waals surface area contributed by atoms with Gasteiger partial charge >= 0.3 is 0 Å². The van der Waals surface area contributed by atoms with Crippen molar-refractivity contribution >= 4 is 29.2 Å². The maximum Gasteiger partial charge on any atom is 0.248 e. The molecule has 2 unspecified atom stereocenters. The minimum atomic E-state index is -1.06. The second kappa shape index (κ2) is 8.83. The Morgan fingerprint density at radius 1 is 1.28 bits per heavy atom. The molecule has 3 atom stereocenters. The molecule has 1 fully saturated rings. The van der Waals surface area contributed by atoms with Gasteiger partial charge in [-0.15, -0.1) is 0 Å². The third-order valence-corrected chi connectivity index (χ3v) is 6.64. The predicted octanol–water partition coefficient (Wildman–Crippen LogP) is 3.18. The van der Waals surface area contributed by atoms with Crippen molar-refractivity contribution in [2.45, 2.75) is 71.6 Å². The van der Waals surface area contributed by atoms with E-state index in [1.807, 2.05) is 10.9 Å². The van der Waals surface area contributed by atoms with Crippen LogP contribution in [0.1, 0.15) is 52.1 Å². The summed E-state index contributed by atoms with van der Waals surface area (Å²) in [6, 6.07) is 1.69. The molecule has 172 valence electrons. The van der Waals surface area contributed by atoms with Crippen molar-refractivity contribution in [2.24, 2.45) is 11.3 Å². The van der Waals surface area contributed by atoms with Crippen molar-refractivity contribution in [3.63, 3.8) is 0 Å². The molecule has 1 aliphatic heterocycles. The number of halogens is 1. The van der Waals surface area contributed by atoms with Gasteiger partial charge in [0.15, 0.2) is 0 Å². The van der Waals surface area contributed by atoms with Crippen molar-refractivity contribution in [1.82, 2.24) is 20.1 Å². The van der Waals surface area contributed by atoms with Crippen LogP contribution >= 0.6 is 11.6 Å². The van der Waals surface area contributed by atoms with Crippen LogP contribution in [-0.2, 0) is 22.6 Å². The smallest absolute Gasteiger partial charge is 0.248 e. The van der Waals surface area contributed by atoms with Crippen molar-refractivity contribution in [3.05, 3.63) is 29.2 Å². The van der Waals surface area contributed by atoms with Crippen LogP contribution in [0.3, 0.4) is 0 Å². The Morgan fingerprint density at radius 2 is 2.06 bits per heavy atom. The maximum absolute atomic E-state index is 12.9. The second-order valence-electron chi connectivity index (χ2n) is 9.79. The zero-order valence-electron chi connectivity index (χ0n) is 18.7. The molecular weight excluding hydrogens is 430 g/mol. The van der Waals surface area contributed by atoms with E-state index >= 15 is 0 Å². The molecule has 0 bridgehead atoms. The molecule has 1 saturated carbocycles. The Morgan fingerprint density at radius 3 is 2.81 bits per heavy atom. The first-order valence-electron chi connectivity index (χ1n) is 11.1. The van der Waals surface area contributed by atoms with E-state index in [-0.39, 0.29) is 23.3 Å². The molecule has 2 amide bonds. The zero-order chi connectivity index (χ0) is 23.0. The van der Waals surface area contributed by atoms with Gasteiger partial charge in [-0.05, 0) is 44.1 Å². The molecule has 0 spiro atoms. The molecule has 2 aromatic rings. The van der Waals surface area contributed by atoms with E-state index in [1.54, 1.807) is 12.3 Å². The Bertz CT molecular complexity index is 1030. The molecule has 0 saturated heterocycles. The minimum absolute atomic E-state index is 0.117. The lowest BCUT2D eigenvalue weighted by molar-refractivity contribution is -0.130. The summed E-state index contributed by atoms with van der Waals surface area (Å²) >= 11 is 6.47. The van der Waals surface area contributed by atoms with Crippen LogP contribution in [0.25, 0.3) is 11.1 Å². The van der Waals surface area contributed by atoms with E-state index in [1.165, 1.54) is 6.92 Å². The minimum Gasteiger partial charge on any atom is -0.384 e. The number of hydrogen-bond donors (Lipinski definition) is 3. The maximum atomic E-state index is 12.9. The highest BCUT2D eigenvalue weighted by atomic mass is 35.5. The topological polar surface area (TPSA) is 109 Å². The number of aromatic nitrogens is 3. The SMILES string of the molecule is C[C@H](O)C(=O)NC1CCCC(C(=O)Nc2cc(-c3cnn4c3CC(C)(C)C4)c(Cl)cn2)C1. The van der Waals surface area contributed by atoms with Gasteiger partial charge in [-0.1, -0.05) is 31.9 Å². The van der Waals surface area contributed by atoms with Crippen LogP contribution in [0.2, 0.25) is 5.02 Å². The summed E-state index contributed by atoms with van der Waals surface area (Å²) in [5.41, 5.74) is 3.07. The van der Waals surface area contributed by atoms with Crippen LogP contribution in [0.5, 0.6) is 0 Å². The lowest BCUT2D eigenvalue weighted by Gasteiger charge is -2.29. The van der Waals surface area contributed by atoms with Gasteiger partial charge in [0.2, 0.25) is 11.8 Å². The summed E-state index contributed by atoms with van der Waals surface area (Å²) in [5, 5.41) is 20.2. The Labute approximate surface area is 192 Å². The van der Waals surface area contributed by atoms with E-state index in [9.17, 15) is 14.7 Å². The fourth-order valence-corrected chi connectivity index (χ4v) is 4.90. The van der Waals surface area contributed by atoms with Crippen LogP contribution < -0.4 is 10.6 Å². The van der Waals surface area contributed by atoms with Gasteiger partial charge in [0.1, 0.15) is 11.9 Å². The van der Waals surface area contributed by atoms with Gasteiger partial charge < -0.3 is 15.7 Å². The van der Waals surface area contributed by atoms with Crippen LogP contribution in [0.4, 0.5) is 5.82 Å². The van der Waals surface area contributed by atoms with Gasteiger partial charge in [0.25, 0.3) is 0 Å². The van der Waals surface area contributed by atoms with Gasteiger partial charge in [-0.2, -0.15) is 5.10 Å². The quantitative estimate of drug-likeness (QED) is 0.636. The zero-order valence-corrected chi connectivity index (χ0v) is 19.4. The van der Waals surface area contributed by atoms with E-state index in [0.29, 0.717) is 17.3 Å². The molecular formula is C23H30ClN5O3. The second-order valence-corrected chi connectivity index (χ2v) is 10.2. The van der Waals surface area contributed by atoms with E-state index in [4.69, 9.17) is 11.6 Å². The number of carbonyl (C=O) groups excluding carboxylic acids is 2. The van der Waals surface area contributed by atoms with Crippen LogP contribution in [0.15, 0.2) is 18.5 Å². The number of rotatable bonds is 5. The van der Waals surface area contributed by atoms with Crippen LogP contribution in [0, 0.1) is 11.3 Å². The molecule has 0 aromatic carbocycles.